The van der Waals surface area contributed by atoms with Crippen molar-refractivity contribution in [3.05, 3.63) is 71.2 Å². The summed E-state index contributed by atoms with van der Waals surface area (Å²) in [6.45, 7) is 12.0. The number of benzene rings is 2. The van der Waals surface area contributed by atoms with Gasteiger partial charge in [0.05, 0.1) is 35.5 Å². The Morgan fingerprint density at radius 3 is 2.36 bits per heavy atom. The molecule has 9 atom stereocenters. The first-order valence-corrected chi connectivity index (χ1v) is 19.1. The number of aromatic nitrogens is 2. The second-order valence-corrected chi connectivity index (χ2v) is 15.6. The highest BCUT2D eigenvalue weighted by molar-refractivity contribution is 6.28. The number of rotatable bonds is 3. The number of ketones is 1. The van der Waals surface area contributed by atoms with Crippen LogP contribution in [0.5, 0.6) is 17.2 Å². The van der Waals surface area contributed by atoms with Crippen molar-refractivity contribution >= 4 is 50.8 Å². The molecule has 6 N–H and O–H groups in total. The number of hydrogen-bond acceptors (Lipinski definition) is 13. The van der Waals surface area contributed by atoms with Crippen LogP contribution < -0.4 is 10.1 Å². The Balaban J connectivity index is 1.60. The number of phenolic OH excluding ortho intramolecular Hbond substituents is 2. The summed E-state index contributed by atoms with van der Waals surface area (Å²) in [7, 11) is 1.42. The number of hydrogen-bond donors (Lipinski definition) is 6. The Morgan fingerprint density at radius 2 is 1.71 bits per heavy atom. The molecule has 15 nitrogen and oxygen atoms in total. The summed E-state index contributed by atoms with van der Waals surface area (Å²) >= 11 is 0. The van der Waals surface area contributed by atoms with Crippen molar-refractivity contribution in [2.24, 2.45) is 23.7 Å². The van der Waals surface area contributed by atoms with Gasteiger partial charge in [0.25, 0.3) is 11.7 Å². The first-order valence-electron chi connectivity index (χ1n) is 19.1. The van der Waals surface area contributed by atoms with Crippen molar-refractivity contribution in [3.63, 3.8) is 0 Å². The fourth-order valence-corrected chi connectivity index (χ4v) is 8.08. The van der Waals surface area contributed by atoms with E-state index in [-0.39, 0.29) is 49.9 Å². The van der Waals surface area contributed by atoms with Gasteiger partial charge in [0.2, 0.25) is 0 Å². The minimum atomic E-state index is -2.36. The monoisotopic (exact) mass is 801 g/mol. The predicted molar refractivity (Wildman–Crippen MR) is 215 cm³/mol. The van der Waals surface area contributed by atoms with E-state index < -0.39 is 89.6 Å². The van der Waals surface area contributed by atoms with Gasteiger partial charge in [-0.25, -0.2) is 4.98 Å². The molecule has 4 bridgehead atoms. The summed E-state index contributed by atoms with van der Waals surface area (Å²) in [6, 6.07) is 3.58. The molecule has 15 heteroatoms. The molecule has 4 aromatic rings. The molecule has 2 aromatic carbocycles. The highest BCUT2D eigenvalue weighted by Gasteiger charge is 2.53. The lowest BCUT2D eigenvalue weighted by molar-refractivity contribution is -0.160. The number of anilines is 1. The molecule has 0 aliphatic carbocycles. The number of carbonyl (C=O) groups is 3. The van der Waals surface area contributed by atoms with Crippen molar-refractivity contribution in [2.45, 2.75) is 85.6 Å². The molecular weight excluding hydrogens is 750 g/mol. The maximum absolute atomic E-state index is 14.6. The van der Waals surface area contributed by atoms with E-state index in [1.54, 1.807) is 69.5 Å². The first kappa shape index (κ1) is 42.1. The highest BCUT2D eigenvalue weighted by atomic mass is 16.7. The zero-order valence-electron chi connectivity index (χ0n) is 33.9. The number of aliphatic hydroxyl groups excluding tert-OH is 3. The molecule has 310 valence electrons. The molecule has 2 aliphatic heterocycles. The van der Waals surface area contributed by atoms with E-state index >= 15 is 0 Å². The van der Waals surface area contributed by atoms with Crippen molar-refractivity contribution in [1.82, 2.24) is 9.38 Å². The predicted octanol–water partition coefficient (Wildman–Crippen LogP) is 5.13. The number of esters is 1. The Kier molecular flexibility index (Phi) is 11.7. The number of imidazole rings is 1. The van der Waals surface area contributed by atoms with Crippen LogP contribution >= 0.6 is 0 Å². The summed E-state index contributed by atoms with van der Waals surface area (Å²) < 4.78 is 25.2. The molecule has 4 heterocycles. The Morgan fingerprint density at radius 1 is 1.00 bits per heavy atom. The van der Waals surface area contributed by atoms with E-state index in [9.17, 15) is 39.9 Å². The third-order valence-electron chi connectivity index (χ3n) is 11.6. The number of methoxy groups -OCH3 is 1. The summed E-state index contributed by atoms with van der Waals surface area (Å²) in [6.07, 6.45) is 5.13. The maximum atomic E-state index is 14.6. The van der Waals surface area contributed by atoms with E-state index in [0.717, 1.165) is 11.8 Å². The van der Waals surface area contributed by atoms with E-state index in [0.29, 0.717) is 5.65 Å². The zero-order valence-corrected chi connectivity index (χ0v) is 33.9. The molecule has 2 aliphatic rings. The molecule has 6 rings (SSSR count). The molecule has 0 spiro atoms. The van der Waals surface area contributed by atoms with Crippen LogP contribution in [0.1, 0.15) is 63.0 Å². The average Bonchev–Trinajstić information content (AvgIpc) is 3.71. The van der Waals surface area contributed by atoms with Crippen molar-refractivity contribution in [2.75, 3.05) is 19.0 Å². The van der Waals surface area contributed by atoms with Gasteiger partial charge in [0, 0.05) is 60.4 Å². The number of nitrogens with zero attached hydrogens (tertiary/aromatic N) is 2. The van der Waals surface area contributed by atoms with Crippen LogP contribution in [-0.2, 0) is 23.8 Å². The van der Waals surface area contributed by atoms with Gasteiger partial charge >= 0.3 is 11.8 Å². The van der Waals surface area contributed by atoms with Gasteiger partial charge in [-0.1, -0.05) is 45.9 Å². The second-order valence-electron chi connectivity index (χ2n) is 15.6. The fraction of sp³-hybridized carbons (Fsp3) is 0.442. The number of aryl methyl sites for hydroxylation is 1. The minimum Gasteiger partial charge on any atom is -0.507 e. The summed E-state index contributed by atoms with van der Waals surface area (Å²) in [4.78, 5) is 45.6. The number of pyridine rings is 1. The standard InChI is InChI=1S/C43H51N3O12/c1-19-13-15-46-28(17-19)44-32-29-30-37(51)25(7)40-31(29)41(53)43(18-47,58-40)56-16-14-27(55-9)22(4)39(57-26(8)48)24(6)36(50)23(5)35(49)20(2)11-10-12-21(3)42(54)45-33(34(32)46)38(30)52/h10-17,20,22-24,27,35-36,39,47,49-52H,18H2,1-9H3,(H,45,54)/b11-10+,16-14+,21-12-/t20-,22+,23+,24+,27-,35-,36+,39+,43-/m0/s1. The van der Waals surface area contributed by atoms with Gasteiger partial charge < -0.3 is 49.8 Å². The van der Waals surface area contributed by atoms with Crippen LogP contribution in [0.15, 0.2) is 54.5 Å². The number of allylic oxidation sites excluding steroid dienone is 2. The number of fused-ring (bicyclic) bond motifs is 2. The van der Waals surface area contributed by atoms with Crippen LogP contribution in [0.3, 0.4) is 0 Å². The number of aliphatic hydroxyl groups is 3. The van der Waals surface area contributed by atoms with Gasteiger partial charge in [-0.2, -0.15) is 0 Å². The van der Waals surface area contributed by atoms with Crippen LogP contribution in [0.2, 0.25) is 0 Å². The number of amides is 1. The number of Topliss-reactive ketones (excluding diaryl/α,β-unsaturated/α-hetero) is 1. The normalized spacial score (nSPS) is 30.5. The molecule has 0 saturated heterocycles. The largest absolute Gasteiger partial charge is 0.507 e. The number of nitrogens with one attached hydrogen (secondary N) is 1. The summed E-state index contributed by atoms with van der Waals surface area (Å²) in [5.41, 5.74) is 1.66. The van der Waals surface area contributed by atoms with Crippen LogP contribution in [-0.4, -0.2) is 96.5 Å². The van der Waals surface area contributed by atoms with Crippen LogP contribution in [0, 0.1) is 37.5 Å². The molecule has 58 heavy (non-hydrogen) atoms. The van der Waals surface area contributed by atoms with Crippen LogP contribution in [0.4, 0.5) is 5.69 Å². The second kappa shape index (κ2) is 16.0. The Hall–Kier alpha value is -5.48. The van der Waals surface area contributed by atoms with Gasteiger partial charge in [0.15, 0.2) is 5.75 Å². The summed E-state index contributed by atoms with van der Waals surface area (Å²) in [5.74, 6) is -8.06. The lowest BCUT2D eigenvalue weighted by Crippen LogP contribution is -2.47. The maximum Gasteiger partial charge on any atom is 0.339 e. The molecule has 1 amide bonds. The number of aromatic hydroxyl groups is 2. The van der Waals surface area contributed by atoms with Crippen molar-refractivity contribution < 1.29 is 58.9 Å². The molecular formula is C43H51N3O12. The molecule has 2 aromatic heterocycles. The van der Waals surface area contributed by atoms with E-state index in [2.05, 4.69) is 5.32 Å². The third-order valence-corrected chi connectivity index (χ3v) is 11.6. The Bertz CT molecular complexity index is 2400. The van der Waals surface area contributed by atoms with E-state index in [1.807, 2.05) is 6.92 Å². The molecule has 0 unspecified atom stereocenters. The molecule has 0 radical (unpaired) electrons. The smallest absolute Gasteiger partial charge is 0.339 e. The third kappa shape index (κ3) is 7.05. The van der Waals surface area contributed by atoms with E-state index in [1.165, 1.54) is 33.1 Å². The van der Waals surface area contributed by atoms with Gasteiger partial charge in [-0.05, 0) is 44.5 Å². The van der Waals surface area contributed by atoms with Gasteiger partial charge in [-0.15, -0.1) is 0 Å². The van der Waals surface area contributed by atoms with Gasteiger partial charge in [0.1, 0.15) is 46.6 Å². The molecule has 0 fully saturated rings. The number of phenols is 2. The summed E-state index contributed by atoms with van der Waals surface area (Å²) in [5, 5.41) is 60.0. The Labute approximate surface area is 335 Å². The van der Waals surface area contributed by atoms with Crippen molar-refractivity contribution in [3.8, 4) is 17.2 Å². The zero-order chi connectivity index (χ0) is 42.5. The average molecular weight is 802 g/mol. The minimum absolute atomic E-state index is 0.00411. The fourth-order valence-electron chi connectivity index (χ4n) is 8.08. The highest BCUT2D eigenvalue weighted by Crippen LogP contribution is 2.54. The van der Waals surface area contributed by atoms with E-state index in [4.69, 9.17) is 23.9 Å². The van der Waals surface area contributed by atoms with Crippen LogP contribution in [0.25, 0.3) is 27.5 Å². The lowest BCUT2D eigenvalue weighted by atomic mass is 9.78. The number of ether oxygens (including phenoxy) is 4. The van der Waals surface area contributed by atoms with Crippen molar-refractivity contribution in [1.29, 1.82) is 0 Å². The SMILES string of the molecule is CO[C@H]1/C=C/O[C@@]2(CO)Oc3c(C)c(O)c4c(O)c(c5c(nc6cc(C)ccn65)c4c3C2=O)NC(=O)/C(C)=C\C=C\[C@H](C)[C@H](O)[C@@H](C)[C@@H](O)[C@@H](C)[C@H](OC(C)=O)[C@@H]1C. The first-order chi connectivity index (χ1) is 27.4. The quantitative estimate of drug-likeness (QED) is 0.117. The number of carbonyl (C=O) groups excluding carboxylic acids is 3. The topological polar surface area (TPSA) is 219 Å². The lowest BCUT2D eigenvalue weighted by Gasteiger charge is -2.38. The van der Waals surface area contributed by atoms with Gasteiger partial charge in [-0.3, -0.25) is 18.8 Å². The molecule has 0 saturated carbocycles.